The number of amides is 1. The lowest BCUT2D eigenvalue weighted by Crippen LogP contribution is -2.27. The first-order chi connectivity index (χ1) is 7.56. The second-order valence-electron chi connectivity index (χ2n) is 4.02. The van der Waals surface area contributed by atoms with Gasteiger partial charge in [-0.2, -0.15) is 0 Å². The Morgan fingerprint density at radius 3 is 2.56 bits per heavy atom. The first-order valence-electron chi connectivity index (χ1n) is 5.96. The average molecular weight is 231 g/mol. The van der Waals surface area contributed by atoms with Gasteiger partial charge in [-0.3, -0.25) is 9.59 Å². The first kappa shape index (κ1) is 15.1. The molecule has 0 aliphatic rings. The summed E-state index contributed by atoms with van der Waals surface area (Å²) in [6.07, 6.45) is 2.33. The van der Waals surface area contributed by atoms with E-state index in [2.05, 4.69) is 5.32 Å². The normalized spacial score (nSPS) is 10.5. The van der Waals surface area contributed by atoms with Gasteiger partial charge in [0.25, 0.3) is 0 Å². The minimum absolute atomic E-state index is 0. The summed E-state index contributed by atoms with van der Waals surface area (Å²) < 4.78 is 5.28. The molecule has 0 aliphatic carbocycles. The molecule has 0 aromatic carbocycles. The molecule has 0 aromatic rings. The van der Waals surface area contributed by atoms with Crippen LogP contribution in [0, 0.1) is 0 Å². The van der Waals surface area contributed by atoms with E-state index in [1.807, 2.05) is 20.8 Å². The number of nitrogens with one attached hydrogen (secondary N) is 1. The largest absolute Gasteiger partial charge is 0.377 e. The second kappa shape index (κ2) is 9.33. The van der Waals surface area contributed by atoms with Gasteiger partial charge < -0.3 is 10.1 Å². The third-order valence-corrected chi connectivity index (χ3v) is 2.13. The van der Waals surface area contributed by atoms with E-state index in [0.29, 0.717) is 38.8 Å². The smallest absolute Gasteiger partial charge is 0.220 e. The van der Waals surface area contributed by atoms with Crippen molar-refractivity contribution < 1.29 is 15.8 Å². The summed E-state index contributed by atoms with van der Waals surface area (Å²) in [6, 6.07) is 0. The fraction of sp³-hybridized carbons (Fsp3) is 0.833. The molecule has 0 unspecified atom stereocenters. The topological polar surface area (TPSA) is 55.4 Å². The summed E-state index contributed by atoms with van der Waals surface area (Å²) in [5, 5.41) is 2.75. The van der Waals surface area contributed by atoms with E-state index in [4.69, 9.17) is 4.74 Å². The Morgan fingerprint density at radius 2 is 2.00 bits per heavy atom. The standard InChI is InChI=1S/C12H23NO3.H2/c1-4-11(14)6-5-7-12(15)13-8-9-16-10(2)3;/h10H,4-9H2,1-3H3,(H,13,15);1H. The van der Waals surface area contributed by atoms with Gasteiger partial charge in [-0.25, -0.2) is 0 Å². The van der Waals surface area contributed by atoms with Crippen LogP contribution < -0.4 is 5.32 Å². The summed E-state index contributed by atoms with van der Waals surface area (Å²) >= 11 is 0. The zero-order valence-corrected chi connectivity index (χ0v) is 10.5. The third-order valence-electron chi connectivity index (χ3n) is 2.13. The van der Waals surface area contributed by atoms with E-state index in [1.54, 1.807) is 0 Å². The Balaban J connectivity index is 0. The first-order valence-corrected chi connectivity index (χ1v) is 5.96. The Bertz CT molecular complexity index is 220. The number of hydrogen-bond donors (Lipinski definition) is 1. The van der Waals surface area contributed by atoms with Crippen LogP contribution in [0.1, 0.15) is 47.9 Å². The fourth-order valence-corrected chi connectivity index (χ4v) is 1.20. The van der Waals surface area contributed by atoms with Crippen molar-refractivity contribution in [3.05, 3.63) is 0 Å². The highest BCUT2D eigenvalue weighted by molar-refractivity contribution is 5.79. The molecular formula is C12H25NO3. The van der Waals surface area contributed by atoms with Gasteiger partial charge in [0.2, 0.25) is 5.91 Å². The predicted octanol–water partition coefficient (Wildman–Crippen LogP) is 1.92. The van der Waals surface area contributed by atoms with Gasteiger partial charge in [-0.05, 0) is 20.3 Å². The second-order valence-corrected chi connectivity index (χ2v) is 4.02. The van der Waals surface area contributed by atoms with Gasteiger partial charge in [-0.1, -0.05) is 6.92 Å². The molecule has 0 atom stereocenters. The summed E-state index contributed by atoms with van der Waals surface area (Å²) in [7, 11) is 0. The van der Waals surface area contributed by atoms with Crippen LogP contribution in [0.3, 0.4) is 0 Å². The molecule has 0 heterocycles. The number of hydrogen-bond acceptors (Lipinski definition) is 3. The highest BCUT2D eigenvalue weighted by Gasteiger charge is 2.03. The maximum Gasteiger partial charge on any atom is 0.220 e. The van der Waals surface area contributed by atoms with Gasteiger partial charge in [-0.15, -0.1) is 0 Å². The number of carbonyl (C=O) groups excluding carboxylic acids is 2. The number of ketones is 1. The van der Waals surface area contributed by atoms with Crippen LogP contribution in [0.2, 0.25) is 0 Å². The van der Waals surface area contributed by atoms with Crippen molar-refractivity contribution >= 4 is 11.7 Å². The molecule has 0 aromatic heterocycles. The van der Waals surface area contributed by atoms with E-state index in [0.717, 1.165) is 0 Å². The highest BCUT2D eigenvalue weighted by Crippen LogP contribution is 1.98. The van der Waals surface area contributed by atoms with Gasteiger partial charge in [0.05, 0.1) is 12.7 Å². The van der Waals surface area contributed by atoms with Gasteiger partial charge in [0.1, 0.15) is 5.78 Å². The van der Waals surface area contributed by atoms with Gasteiger partial charge in [0, 0.05) is 27.2 Å². The number of ether oxygens (including phenoxy) is 1. The Morgan fingerprint density at radius 1 is 1.31 bits per heavy atom. The van der Waals surface area contributed by atoms with Crippen LogP contribution in [-0.2, 0) is 14.3 Å². The van der Waals surface area contributed by atoms with Crippen LogP contribution >= 0.6 is 0 Å². The molecule has 0 bridgehead atoms. The van der Waals surface area contributed by atoms with Crippen LogP contribution in [0.25, 0.3) is 0 Å². The van der Waals surface area contributed by atoms with Crippen LogP contribution in [0.5, 0.6) is 0 Å². The lowest BCUT2D eigenvalue weighted by Gasteiger charge is -2.08. The van der Waals surface area contributed by atoms with Gasteiger partial charge >= 0.3 is 0 Å². The molecule has 0 saturated heterocycles. The maximum atomic E-state index is 11.3. The highest BCUT2D eigenvalue weighted by atomic mass is 16.5. The molecule has 0 radical (unpaired) electrons. The summed E-state index contributed by atoms with van der Waals surface area (Å²) in [6.45, 7) is 6.83. The molecule has 16 heavy (non-hydrogen) atoms. The van der Waals surface area contributed by atoms with Crippen LogP contribution in [-0.4, -0.2) is 30.9 Å². The van der Waals surface area contributed by atoms with Gasteiger partial charge in [0.15, 0.2) is 0 Å². The molecular weight excluding hydrogens is 206 g/mol. The summed E-state index contributed by atoms with van der Waals surface area (Å²) in [4.78, 5) is 22.3. The van der Waals surface area contributed by atoms with Crippen molar-refractivity contribution in [2.24, 2.45) is 0 Å². The number of carbonyl (C=O) groups is 2. The molecule has 1 N–H and O–H groups in total. The van der Waals surface area contributed by atoms with Crippen molar-refractivity contribution in [2.75, 3.05) is 13.2 Å². The predicted molar refractivity (Wildman–Crippen MR) is 65.4 cm³/mol. The molecule has 4 nitrogen and oxygen atoms in total. The monoisotopic (exact) mass is 231 g/mol. The number of Topliss-reactive ketones (excluding diaryl/α,β-unsaturated/α-hetero) is 1. The van der Waals surface area contributed by atoms with E-state index in [-0.39, 0.29) is 19.2 Å². The number of rotatable bonds is 9. The molecule has 4 heteroatoms. The van der Waals surface area contributed by atoms with E-state index >= 15 is 0 Å². The maximum absolute atomic E-state index is 11.3. The fourth-order valence-electron chi connectivity index (χ4n) is 1.20. The SMILES string of the molecule is CCC(=O)CCCC(=O)NCCOC(C)C.[HH]. The van der Waals surface area contributed by atoms with Crippen molar-refractivity contribution in [1.29, 1.82) is 0 Å². The molecule has 0 rings (SSSR count). The zero-order valence-electron chi connectivity index (χ0n) is 10.5. The molecule has 96 valence electrons. The Labute approximate surface area is 99.2 Å². The van der Waals surface area contributed by atoms with Crippen LogP contribution in [0.15, 0.2) is 0 Å². The van der Waals surface area contributed by atoms with Crippen molar-refractivity contribution in [2.45, 2.75) is 52.6 Å². The van der Waals surface area contributed by atoms with Crippen molar-refractivity contribution in [1.82, 2.24) is 5.32 Å². The Kier molecular flexibility index (Phi) is 8.81. The molecule has 0 spiro atoms. The minimum Gasteiger partial charge on any atom is -0.377 e. The molecule has 0 aliphatic heterocycles. The minimum atomic E-state index is -0.00346. The van der Waals surface area contributed by atoms with E-state index in [1.165, 1.54) is 0 Å². The Hall–Kier alpha value is -0.900. The quantitative estimate of drug-likeness (QED) is 0.617. The third kappa shape index (κ3) is 9.65. The molecule has 0 fully saturated rings. The van der Waals surface area contributed by atoms with Crippen molar-refractivity contribution in [3.8, 4) is 0 Å². The zero-order chi connectivity index (χ0) is 12.4. The van der Waals surface area contributed by atoms with Crippen molar-refractivity contribution in [3.63, 3.8) is 0 Å². The van der Waals surface area contributed by atoms with Crippen LogP contribution in [0.4, 0.5) is 0 Å². The van der Waals surface area contributed by atoms with E-state index < -0.39 is 0 Å². The lowest BCUT2D eigenvalue weighted by molar-refractivity contribution is -0.122. The average Bonchev–Trinajstić information content (AvgIpc) is 2.24. The summed E-state index contributed by atoms with van der Waals surface area (Å²) in [5.41, 5.74) is 0. The lowest BCUT2D eigenvalue weighted by atomic mass is 10.1. The summed E-state index contributed by atoms with van der Waals surface area (Å²) in [5.74, 6) is 0.215. The molecule has 1 amide bonds. The van der Waals surface area contributed by atoms with E-state index in [9.17, 15) is 9.59 Å². The molecule has 0 saturated carbocycles.